The van der Waals surface area contributed by atoms with Crippen LogP contribution in [0.5, 0.6) is 5.75 Å². The molecule has 1 aromatic heterocycles. The fraction of sp³-hybridized carbons (Fsp3) is 0.250. The van der Waals surface area contributed by atoms with Crippen LogP contribution < -0.4 is 4.74 Å². The maximum Gasteiger partial charge on any atom is 0.217 e. The minimum atomic E-state index is -3.56. The first-order chi connectivity index (χ1) is 13.4. The fourth-order valence-corrected chi connectivity index (χ4v) is 3.68. The second-order valence-corrected chi connectivity index (χ2v) is 8.63. The van der Waals surface area contributed by atoms with Gasteiger partial charge in [0.25, 0.3) is 0 Å². The van der Waals surface area contributed by atoms with Gasteiger partial charge in [0.1, 0.15) is 6.61 Å². The maximum absolute atomic E-state index is 13.5. The first-order valence-corrected chi connectivity index (χ1v) is 10.4. The number of para-hydroxylation sites is 2. The lowest BCUT2D eigenvalue weighted by molar-refractivity contribution is 0.319. The Labute approximate surface area is 164 Å². The van der Waals surface area contributed by atoms with Crippen molar-refractivity contribution in [2.75, 3.05) is 19.4 Å². The molecule has 0 unspecified atom stereocenters. The Hall–Kier alpha value is -2.71. The van der Waals surface area contributed by atoms with E-state index in [9.17, 15) is 12.8 Å². The van der Waals surface area contributed by atoms with Gasteiger partial charge in [0.2, 0.25) is 10.0 Å². The number of hydrogen-bond donors (Lipinski definition) is 0. The quantitative estimate of drug-likeness (QED) is 0.580. The van der Waals surface area contributed by atoms with Crippen molar-refractivity contribution in [2.45, 2.75) is 13.5 Å². The summed E-state index contributed by atoms with van der Waals surface area (Å²) in [5.74, 6) is -0.722. The maximum atomic E-state index is 13.5. The van der Waals surface area contributed by atoms with Crippen LogP contribution in [0.2, 0.25) is 0 Å². The lowest BCUT2D eigenvalue weighted by Gasteiger charge is -2.16. The van der Waals surface area contributed by atoms with E-state index in [0.29, 0.717) is 0 Å². The predicted molar refractivity (Wildman–Crippen MR) is 105 cm³/mol. The second kappa shape index (κ2) is 8.53. The zero-order chi connectivity index (χ0) is 20.1. The van der Waals surface area contributed by atoms with Crippen LogP contribution in [0.25, 0.3) is 5.69 Å². The number of nitrogens with zero attached hydrogens (tertiary/aromatic N) is 3. The van der Waals surface area contributed by atoms with Gasteiger partial charge in [0, 0.05) is 25.4 Å². The molecular formula is C20H22FN3O3S. The molecule has 0 aliphatic rings. The van der Waals surface area contributed by atoms with Crippen LogP contribution in [-0.2, 0) is 16.6 Å². The van der Waals surface area contributed by atoms with Crippen LogP contribution in [0.3, 0.4) is 0 Å². The molecule has 6 nitrogen and oxygen atoms in total. The molecule has 0 spiro atoms. The van der Waals surface area contributed by atoms with E-state index in [0.717, 1.165) is 16.8 Å². The topological polar surface area (TPSA) is 64.4 Å². The minimum Gasteiger partial charge on any atom is -0.489 e. The molecule has 0 saturated carbocycles. The Bertz CT molecular complexity index is 1050. The van der Waals surface area contributed by atoms with Gasteiger partial charge in [-0.25, -0.2) is 21.8 Å². The summed E-state index contributed by atoms with van der Waals surface area (Å²) in [7, 11) is -2.05. The third-order valence-corrected chi connectivity index (χ3v) is 6.08. The molecule has 1 heterocycles. The summed E-state index contributed by atoms with van der Waals surface area (Å²) in [6, 6.07) is 13.7. The summed E-state index contributed by atoms with van der Waals surface area (Å²) in [5.41, 5.74) is 2.78. The molecule has 0 radical (unpaired) electrons. The van der Waals surface area contributed by atoms with Crippen LogP contribution >= 0.6 is 0 Å². The zero-order valence-electron chi connectivity index (χ0n) is 15.7. The molecule has 0 aliphatic carbocycles. The van der Waals surface area contributed by atoms with Gasteiger partial charge in [-0.2, -0.15) is 5.10 Å². The van der Waals surface area contributed by atoms with Crippen LogP contribution in [0.15, 0.2) is 60.9 Å². The van der Waals surface area contributed by atoms with E-state index in [1.807, 2.05) is 37.4 Å². The third kappa shape index (κ3) is 4.76. The van der Waals surface area contributed by atoms with Crippen molar-refractivity contribution in [3.8, 4) is 11.4 Å². The lowest BCUT2D eigenvalue weighted by Crippen LogP contribution is -2.31. The standard InChI is InChI=1S/C20H22FN3O3S/c1-16-7-3-5-9-19(16)24-15-17(13-22-24)14-23(2)28(25,26)12-11-27-20-10-6-4-8-18(20)21/h3-10,13,15H,11-12,14H2,1-2H3. The van der Waals surface area contributed by atoms with E-state index in [4.69, 9.17) is 4.74 Å². The second-order valence-electron chi connectivity index (χ2n) is 6.43. The highest BCUT2D eigenvalue weighted by molar-refractivity contribution is 7.89. The van der Waals surface area contributed by atoms with Gasteiger partial charge in [0.05, 0.1) is 17.6 Å². The van der Waals surface area contributed by atoms with E-state index < -0.39 is 15.8 Å². The first-order valence-electron chi connectivity index (χ1n) is 8.78. The van der Waals surface area contributed by atoms with Gasteiger partial charge >= 0.3 is 0 Å². The van der Waals surface area contributed by atoms with Gasteiger partial charge in [-0.15, -0.1) is 0 Å². The Morgan fingerprint density at radius 1 is 1.14 bits per heavy atom. The van der Waals surface area contributed by atoms with Gasteiger partial charge in [-0.1, -0.05) is 30.3 Å². The molecule has 0 bridgehead atoms. The van der Waals surface area contributed by atoms with Crippen LogP contribution in [0.1, 0.15) is 11.1 Å². The summed E-state index contributed by atoms with van der Waals surface area (Å²) in [4.78, 5) is 0. The van der Waals surface area contributed by atoms with Gasteiger partial charge in [-0.05, 0) is 30.7 Å². The van der Waals surface area contributed by atoms with E-state index in [2.05, 4.69) is 5.10 Å². The fourth-order valence-electron chi connectivity index (χ4n) is 2.72. The largest absolute Gasteiger partial charge is 0.489 e. The molecular weight excluding hydrogens is 381 g/mol. The number of sulfonamides is 1. The van der Waals surface area contributed by atoms with Crippen molar-refractivity contribution < 1.29 is 17.5 Å². The highest BCUT2D eigenvalue weighted by atomic mass is 32.2. The molecule has 3 aromatic rings. The van der Waals surface area contributed by atoms with Gasteiger partial charge < -0.3 is 4.74 Å². The molecule has 8 heteroatoms. The van der Waals surface area contributed by atoms with Gasteiger partial charge in [0.15, 0.2) is 11.6 Å². The van der Waals surface area contributed by atoms with E-state index in [-0.39, 0.29) is 24.7 Å². The summed E-state index contributed by atoms with van der Waals surface area (Å²) >= 11 is 0. The van der Waals surface area contributed by atoms with E-state index >= 15 is 0 Å². The van der Waals surface area contributed by atoms with Crippen molar-refractivity contribution in [3.05, 3.63) is 77.9 Å². The smallest absolute Gasteiger partial charge is 0.217 e. The summed E-state index contributed by atoms with van der Waals surface area (Å²) in [5, 5.41) is 4.32. The number of aryl methyl sites for hydroxylation is 1. The molecule has 0 saturated heterocycles. The number of halogens is 1. The van der Waals surface area contributed by atoms with Crippen LogP contribution in [-0.4, -0.2) is 41.9 Å². The highest BCUT2D eigenvalue weighted by Crippen LogP contribution is 2.17. The molecule has 0 amide bonds. The van der Waals surface area contributed by atoms with Crippen molar-refractivity contribution in [1.29, 1.82) is 0 Å². The molecule has 148 valence electrons. The Kier molecular flexibility index (Phi) is 6.11. The lowest BCUT2D eigenvalue weighted by atomic mass is 10.2. The van der Waals surface area contributed by atoms with Crippen LogP contribution in [0.4, 0.5) is 4.39 Å². The average Bonchev–Trinajstić information content (AvgIpc) is 3.12. The normalized spacial score (nSPS) is 11.7. The van der Waals surface area contributed by atoms with Crippen molar-refractivity contribution in [3.63, 3.8) is 0 Å². The monoisotopic (exact) mass is 403 g/mol. The number of benzene rings is 2. The Morgan fingerprint density at radius 2 is 1.86 bits per heavy atom. The van der Waals surface area contributed by atoms with Crippen molar-refractivity contribution in [2.24, 2.45) is 0 Å². The summed E-state index contributed by atoms with van der Waals surface area (Å²) in [6.07, 6.45) is 3.46. The molecule has 3 rings (SSSR count). The molecule has 0 aliphatic heterocycles. The van der Waals surface area contributed by atoms with E-state index in [1.54, 1.807) is 23.0 Å². The average molecular weight is 403 g/mol. The molecule has 2 aromatic carbocycles. The zero-order valence-corrected chi connectivity index (χ0v) is 16.6. The minimum absolute atomic E-state index is 0.0415. The Balaban J connectivity index is 1.60. The number of ether oxygens (including phenoxy) is 1. The highest BCUT2D eigenvalue weighted by Gasteiger charge is 2.19. The first kappa shape index (κ1) is 20.0. The van der Waals surface area contributed by atoms with Crippen molar-refractivity contribution >= 4 is 10.0 Å². The van der Waals surface area contributed by atoms with E-state index in [1.165, 1.54) is 23.5 Å². The molecule has 0 N–H and O–H groups in total. The van der Waals surface area contributed by atoms with Crippen LogP contribution in [0, 0.1) is 12.7 Å². The molecule has 0 atom stereocenters. The van der Waals surface area contributed by atoms with Crippen molar-refractivity contribution in [1.82, 2.24) is 14.1 Å². The predicted octanol–water partition coefficient (Wildman–Crippen LogP) is 3.16. The summed E-state index contributed by atoms with van der Waals surface area (Å²) in [6.45, 7) is 2.05. The molecule has 28 heavy (non-hydrogen) atoms. The number of rotatable bonds is 8. The summed E-state index contributed by atoms with van der Waals surface area (Å²) < 4.78 is 46.7. The number of aromatic nitrogens is 2. The van der Waals surface area contributed by atoms with Gasteiger partial charge in [-0.3, -0.25) is 0 Å². The SMILES string of the molecule is Cc1ccccc1-n1cc(CN(C)S(=O)(=O)CCOc2ccccc2F)cn1. The number of hydrogen-bond acceptors (Lipinski definition) is 4. The molecule has 0 fully saturated rings. The Morgan fingerprint density at radius 3 is 2.61 bits per heavy atom. The third-order valence-electron chi connectivity index (χ3n) is 4.31.